The van der Waals surface area contributed by atoms with Gasteiger partial charge in [0.1, 0.15) is 17.6 Å². The van der Waals surface area contributed by atoms with E-state index in [4.69, 9.17) is 17.3 Å². The number of alkyl halides is 1. The second-order valence-electron chi connectivity index (χ2n) is 8.41. The number of carbonyl (C=O) groups excluding carboxylic acids is 4. The molecule has 0 bridgehead atoms. The Bertz CT molecular complexity index is 969. The zero-order valence-corrected chi connectivity index (χ0v) is 19.2. The molecular formula is C23H30ClN5O4. The van der Waals surface area contributed by atoms with Crippen LogP contribution < -0.4 is 16.5 Å². The van der Waals surface area contributed by atoms with Crippen molar-refractivity contribution in [2.45, 2.75) is 51.0 Å². The highest BCUT2D eigenvalue weighted by molar-refractivity contribution is 6.27. The van der Waals surface area contributed by atoms with Crippen molar-refractivity contribution in [2.24, 2.45) is 11.7 Å². The van der Waals surface area contributed by atoms with Gasteiger partial charge in [0.15, 0.2) is 0 Å². The van der Waals surface area contributed by atoms with E-state index >= 15 is 0 Å². The quantitative estimate of drug-likeness (QED) is 0.326. The molecule has 1 aliphatic rings. The van der Waals surface area contributed by atoms with Crippen LogP contribution in [0.25, 0.3) is 10.9 Å². The Kier molecular flexibility index (Phi) is 8.71. The zero-order valence-electron chi connectivity index (χ0n) is 18.4. The fourth-order valence-corrected chi connectivity index (χ4v) is 4.31. The number of benzene rings is 1. The SMILES string of the molecule is NC(=O)CCN(NC(=O)[C@@H](CC1CCCCC1)NC(=O)c1cc2ccccc2[nH]1)C(=O)CCl. The molecular weight excluding hydrogens is 446 g/mol. The van der Waals surface area contributed by atoms with Gasteiger partial charge in [0.2, 0.25) is 5.91 Å². The molecule has 9 nitrogen and oxygen atoms in total. The highest BCUT2D eigenvalue weighted by Gasteiger charge is 2.29. The van der Waals surface area contributed by atoms with Crippen molar-refractivity contribution < 1.29 is 19.2 Å². The molecule has 1 saturated carbocycles. The third kappa shape index (κ3) is 6.95. The van der Waals surface area contributed by atoms with Gasteiger partial charge < -0.3 is 16.0 Å². The molecule has 1 aromatic carbocycles. The van der Waals surface area contributed by atoms with Gasteiger partial charge in [0.05, 0.1) is 6.54 Å². The van der Waals surface area contributed by atoms with Gasteiger partial charge in [-0.3, -0.25) is 29.6 Å². The summed E-state index contributed by atoms with van der Waals surface area (Å²) in [6.45, 7) is -0.0985. The third-order valence-electron chi connectivity index (χ3n) is 5.93. The van der Waals surface area contributed by atoms with E-state index in [1.807, 2.05) is 24.3 Å². The number of nitrogens with one attached hydrogen (secondary N) is 3. The minimum absolute atomic E-state index is 0.0985. The second-order valence-corrected chi connectivity index (χ2v) is 8.67. The minimum atomic E-state index is -0.855. The van der Waals surface area contributed by atoms with Crippen LogP contribution in [0.1, 0.15) is 55.4 Å². The zero-order chi connectivity index (χ0) is 23.8. The minimum Gasteiger partial charge on any atom is -0.370 e. The summed E-state index contributed by atoms with van der Waals surface area (Å²) in [5.74, 6) is -2.19. The highest BCUT2D eigenvalue weighted by Crippen LogP contribution is 2.27. The molecule has 10 heteroatoms. The predicted molar refractivity (Wildman–Crippen MR) is 125 cm³/mol. The summed E-state index contributed by atoms with van der Waals surface area (Å²) in [5, 5.41) is 4.70. The number of hydrogen-bond acceptors (Lipinski definition) is 4. The molecule has 33 heavy (non-hydrogen) atoms. The molecule has 1 aromatic heterocycles. The number of carbonyl (C=O) groups is 4. The van der Waals surface area contributed by atoms with Crippen LogP contribution in [0.15, 0.2) is 30.3 Å². The highest BCUT2D eigenvalue weighted by atomic mass is 35.5. The molecule has 3 rings (SSSR count). The molecule has 1 atom stereocenters. The number of H-pyrrole nitrogens is 1. The predicted octanol–water partition coefficient (Wildman–Crippen LogP) is 2.21. The fraction of sp³-hybridized carbons (Fsp3) is 0.478. The lowest BCUT2D eigenvalue weighted by Crippen LogP contribution is -2.55. The Hall–Kier alpha value is -3.07. The maximum atomic E-state index is 13.1. The number of halogens is 1. The van der Waals surface area contributed by atoms with E-state index in [0.29, 0.717) is 18.0 Å². The van der Waals surface area contributed by atoms with Gasteiger partial charge in [-0.15, -0.1) is 11.6 Å². The van der Waals surface area contributed by atoms with Gasteiger partial charge in [-0.25, -0.2) is 0 Å². The first-order valence-corrected chi connectivity index (χ1v) is 11.7. The van der Waals surface area contributed by atoms with Crippen LogP contribution in [-0.2, 0) is 14.4 Å². The largest absolute Gasteiger partial charge is 0.370 e. The monoisotopic (exact) mass is 475 g/mol. The van der Waals surface area contributed by atoms with Crippen molar-refractivity contribution in [3.8, 4) is 0 Å². The average molecular weight is 476 g/mol. The van der Waals surface area contributed by atoms with Crippen LogP contribution in [0.2, 0.25) is 0 Å². The standard InChI is InChI=1S/C23H30ClN5O4/c24-14-21(31)29(11-10-20(25)30)28-23(33)18(12-15-6-2-1-3-7-15)27-22(32)19-13-16-8-4-5-9-17(16)26-19/h4-5,8-9,13,15,18,26H,1-3,6-7,10-12,14H2,(H2,25,30)(H,27,32)(H,28,33)/t18-/m1/s1. The maximum Gasteiger partial charge on any atom is 0.268 e. The molecule has 0 unspecified atom stereocenters. The molecule has 2 aromatic rings. The Morgan fingerprint density at radius 2 is 1.88 bits per heavy atom. The van der Waals surface area contributed by atoms with Gasteiger partial charge >= 0.3 is 0 Å². The van der Waals surface area contributed by atoms with E-state index in [2.05, 4.69) is 15.7 Å². The lowest BCUT2D eigenvalue weighted by molar-refractivity contribution is -0.141. The number of hydrazine groups is 1. The molecule has 5 N–H and O–H groups in total. The maximum absolute atomic E-state index is 13.1. The van der Waals surface area contributed by atoms with Gasteiger partial charge in [0.25, 0.3) is 17.7 Å². The molecule has 1 fully saturated rings. The number of nitrogens with zero attached hydrogens (tertiary/aromatic N) is 1. The Morgan fingerprint density at radius 3 is 2.55 bits per heavy atom. The van der Waals surface area contributed by atoms with Crippen LogP contribution >= 0.6 is 11.6 Å². The smallest absolute Gasteiger partial charge is 0.268 e. The number of amides is 4. The first-order chi connectivity index (χ1) is 15.9. The Morgan fingerprint density at radius 1 is 1.15 bits per heavy atom. The van der Waals surface area contributed by atoms with Gasteiger partial charge in [-0.05, 0) is 24.5 Å². The van der Waals surface area contributed by atoms with E-state index in [1.165, 1.54) is 6.42 Å². The van der Waals surface area contributed by atoms with E-state index in [0.717, 1.165) is 41.6 Å². The van der Waals surface area contributed by atoms with Crippen LogP contribution in [0.3, 0.4) is 0 Å². The number of aromatic amines is 1. The first kappa shape index (κ1) is 24.6. The Labute approximate surface area is 197 Å². The van der Waals surface area contributed by atoms with E-state index in [9.17, 15) is 19.2 Å². The van der Waals surface area contributed by atoms with Crippen molar-refractivity contribution in [1.82, 2.24) is 20.7 Å². The van der Waals surface area contributed by atoms with Crippen molar-refractivity contribution >= 4 is 46.1 Å². The van der Waals surface area contributed by atoms with E-state index in [1.54, 1.807) is 6.07 Å². The molecule has 0 spiro atoms. The second kappa shape index (κ2) is 11.7. The van der Waals surface area contributed by atoms with E-state index < -0.39 is 29.7 Å². The first-order valence-electron chi connectivity index (χ1n) is 11.2. The molecule has 0 saturated heterocycles. The number of nitrogens with two attached hydrogens (primary N) is 1. The molecule has 0 aliphatic heterocycles. The fourth-order valence-electron chi connectivity index (χ4n) is 4.17. The van der Waals surface area contributed by atoms with Crippen molar-refractivity contribution in [1.29, 1.82) is 0 Å². The molecule has 178 valence electrons. The third-order valence-corrected chi connectivity index (χ3v) is 6.16. The topological polar surface area (TPSA) is 137 Å². The van der Waals surface area contributed by atoms with Gasteiger partial charge in [-0.1, -0.05) is 50.3 Å². The Balaban J connectivity index is 1.75. The summed E-state index contributed by atoms with van der Waals surface area (Å²) in [7, 11) is 0. The lowest BCUT2D eigenvalue weighted by atomic mass is 9.84. The van der Waals surface area contributed by atoms with E-state index in [-0.39, 0.29) is 18.8 Å². The summed E-state index contributed by atoms with van der Waals surface area (Å²) in [6.07, 6.45) is 5.64. The van der Waals surface area contributed by atoms with Gasteiger partial charge in [0, 0.05) is 17.3 Å². The van der Waals surface area contributed by atoms with Crippen LogP contribution in [0.4, 0.5) is 0 Å². The lowest BCUT2D eigenvalue weighted by Gasteiger charge is -2.29. The normalized spacial score (nSPS) is 15.1. The number of fused-ring (bicyclic) bond motifs is 1. The number of hydrogen-bond donors (Lipinski definition) is 4. The van der Waals surface area contributed by atoms with Crippen molar-refractivity contribution in [3.05, 3.63) is 36.0 Å². The summed E-state index contributed by atoms with van der Waals surface area (Å²) < 4.78 is 0. The summed E-state index contributed by atoms with van der Waals surface area (Å²) in [5.41, 5.74) is 8.87. The number of primary amides is 1. The van der Waals surface area contributed by atoms with Crippen molar-refractivity contribution in [2.75, 3.05) is 12.4 Å². The number of aromatic nitrogens is 1. The number of para-hydroxylation sites is 1. The molecule has 1 heterocycles. The average Bonchev–Trinajstić information content (AvgIpc) is 3.25. The number of rotatable bonds is 9. The summed E-state index contributed by atoms with van der Waals surface area (Å²) in [4.78, 5) is 52.5. The van der Waals surface area contributed by atoms with Crippen LogP contribution in [-0.4, -0.2) is 52.1 Å². The molecule has 1 aliphatic carbocycles. The summed E-state index contributed by atoms with van der Waals surface area (Å²) in [6, 6.07) is 8.39. The molecule has 0 radical (unpaired) electrons. The van der Waals surface area contributed by atoms with Crippen molar-refractivity contribution in [3.63, 3.8) is 0 Å². The molecule has 4 amide bonds. The van der Waals surface area contributed by atoms with Crippen LogP contribution in [0, 0.1) is 5.92 Å². The van der Waals surface area contributed by atoms with Gasteiger partial charge in [-0.2, -0.15) is 0 Å². The summed E-state index contributed by atoms with van der Waals surface area (Å²) >= 11 is 5.65. The van der Waals surface area contributed by atoms with Crippen LogP contribution in [0.5, 0.6) is 0 Å².